The molecule has 1 aliphatic carbocycles. The molecule has 1 atom stereocenters. The zero-order chi connectivity index (χ0) is 10.3. The minimum absolute atomic E-state index is 0.297. The van der Waals surface area contributed by atoms with Crippen LogP contribution < -0.4 is 5.73 Å². The van der Waals surface area contributed by atoms with E-state index in [0.717, 1.165) is 12.2 Å². The van der Waals surface area contributed by atoms with E-state index in [1.807, 2.05) is 6.07 Å². The summed E-state index contributed by atoms with van der Waals surface area (Å²) in [5.41, 5.74) is 8.10. The molecule has 0 radical (unpaired) electrons. The predicted molar refractivity (Wildman–Crippen MR) is 54.2 cm³/mol. The lowest BCUT2D eigenvalue weighted by atomic mass is 9.77. The van der Waals surface area contributed by atoms with Crippen molar-refractivity contribution >= 4 is 0 Å². The van der Waals surface area contributed by atoms with E-state index in [1.54, 1.807) is 0 Å². The van der Waals surface area contributed by atoms with E-state index in [9.17, 15) is 0 Å². The average molecular weight is 201 g/mol. The van der Waals surface area contributed by atoms with Crippen LogP contribution in [0.2, 0.25) is 0 Å². The topological polar surface area (TPSA) is 64.9 Å². The summed E-state index contributed by atoms with van der Waals surface area (Å²) in [5.74, 6) is 1.56. The maximum atomic E-state index is 5.42. The summed E-state index contributed by atoms with van der Waals surface area (Å²) in [4.78, 5) is 4.25. The molecule has 0 amide bonds. The van der Waals surface area contributed by atoms with Gasteiger partial charge in [0.05, 0.1) is 12.5 Å². The third-order valence-electron chi connectivity index (χ3n) is 2.82. The highest BCUT2D eigenvalue weighted by molar-refractivity contribution is 5.43. The van der Waals surface area contributed by atoms with Gasteiger partial charge in [-0.25, -0.2) is 0 Å². The Bertz CT molecular complexity index is 492. The molecule has 4 nitrogen and oxygen atoms in total. The highest BCUT2D eigenvalue weighted by atomic mass is 16.5. The molecule has 1 unspecified atom stereocenters. The molecule has 76 valence electrons. The molecule has 0 fully saturated rings. The van der Waals surface area contributed by atoms with Crippen molar-refractivity contribution in [2.75, 3.05) is 0 Å². The van der Waals surface area contributed by atoms with Crippen molar-refractivity contribution in [2.45, 2.75) is 18.9 Å². The van der Waals surface area contributed by atoms with Gasteiger partial charge in [-0.3, -0.25) is 0 Å². The molecule has 0 spiro atoms. The number of nitrogens with zero attached hydrogens (tertiary/aromatic N) is 2. The molecule has 0 bridgehead atoms. The third kappa shape index (κ3) is 1.26. The van der Waals surface area contributed by atoms with Gasteiger partial charge in [-0.2, -0.15) is 4.98 Å². The number of nitrogens with two attached hydrogens (primary N) is 1. The van der Waals surface area contributed by atoms with Crippen LogP contribution >= 0.6 is 0 Å². The van der Waals surface area contributed by atoms with Crippen molar-refractivity contribution in [3.8, 4) is 0 Å². The van der Waals surface area contributed by atoms with Crippen molar-refractivity contribution in [1.29, 1.82) is 0 Å². The molecule has 1 aromatic carbocycles. The lowest BCUT2D eigenvalue weighted by molar-refractivity contribution is 0.371. The fraction of sp³-hybridized carbons (Fsp3) is 0.273. The van der Waals surface area contributed by atoms with Gasteiger partial charge in [0.25, 0.3) is 0 Å². The summed E-state index contributed by atoms with van der Waals surface area (Å²) in [6, 6.07) is 8.34. The second-order valence-corrected chi connectivity index (χ2v) is 3.71. The van der Waals surface area contributed by atoms with Crippen molar-refractivity contribution in [2.24, 2.45) is 5.73 Å². The molecular formula is C11H11N3O. The van der Waals surface area contributed by atoms with Gasteiger partial charge in [0, 0.05) is 0 Å². The van der Waals surface area contributed by atoms with Crippen molar-refractivity contribution in [3.63, 3.8) is 0 Å². The summed E-state index contributed by atoms with van der Waals surface area (Å²) in [7, 11) is 0. The van der Waals surface area contributed by atoms with Gasteiger partial charge in [-0.15, -0.1) is 0 Å². The van der Waals surface area contributed by atoms with Crippen LogP contribution in [0.15, 0.2) is 28.8 Å². The maximum Gasteiger partial charge on any atom is 0.240 e. The van der Waals surface area contributed by atoms with Crippen LogP contribution in [0, 0.1) is 0 Å². The quantitative estimate of drug-likeness (QED) is 0.793. The first-order valence-electron chi connectivity index (χ1n) is 4.99. The first-order valence-corrected chi connectivity index (χ1v) is 4.99. The molecule has 3 rings (SSSR count). The monoisotopic (exact) mass is 201 g/mol. The third-order valence-corrected chi connectivity index (χ3v) is 2.82. The predicted octanol–water partition coefficient (Wildman–Crippen LogP) is 1.22. The summed E-state index contributed by atoms with van der Waals surface area (Å²) in [6.07, 6.45) is 1.000. The second kappa shape index (κ2) is 3.17. The molecule has 2 N–H and O–H groups in total. The Kier molecular flexibility index (Phi) is 1.82. The van der Waals surface area contributed by atoms with E-state index in [0.29, 0.717) is 18.4 Å². The summed E-state index contributed by atoms with van der Waals surface area (Å²) >= 11 is 0. The standard InChI is InChI=1S/C11H11N3O/c12-6-10-13-11(14-15-10)9-5-7-3-1-2-4-8(7)9/h1-4,9H,5-6,12H2. The lowest BCUT2D eigenvalue weighted by Crippen LogP contribution is -2.19. The molecule has 4 heteroatoms. The van der Waals surface area contributed by atoms with E-state index < -0.39 is 0 Å². The number of fused-ring (bicyclic) bond motifs is 1. The highest BCUT2D eigenvalue weighted by Crippen LogP contribution is 2.38. The molecule has 0 saturated heterocycles. The number of rotatable bonds is 2. The van der Waals surface area contributed by atoms with E-state index in [2.05, 4.69) is 28.3 Å². The molecule has 1 aromatic heterocycles. The van der Waals surface area contributed by atoms with Crippen LogP contribution in [0.3, 0.4) is 0 Å². The van der Waals surface area contributed by atoms with E-state index in [-0.39, 0.29) is 0 Å². The average Bonchev–Trinajstić information content (AvgIpc) is 2.68. The minimum Gasteiger partial charge on any atom is -0.338 e. The van der Waals surface area contributed by atoms with E-state index in [1.165, 1.54) is 11.1 Å². The van der Waals surface area contributed by atoms with Crippen LogP contribution in [0.25, 0.3) is 0 Å². The zero-order valence-corrected chi connectivity index (χ0v) is 8.18. The largest absolute Gasteiger partial charge is 0.338 e. The van der Waals surface area contributed by atoms with Gasteiger partial charge in [-0.05, 0) is 17.5 Å². The first kappa shape index (κ1) is 8.61. The van der Waals surface area contributed by atoms with Crippen LogP contribution in [0.4, 0.5) is 0 Å². The highest BCUT2D eigenvalue weighted by Gasteiger charge is 2.30. The normalized spacial score (nSPS) is 18.3. The van der Waals surface area contributed by atoms with Gasteiger partial charge in [0.1, 0.15) is 0 Å². The van der Waals surface area contributed by atoms with Gasteiger partial charge < -0.3 is 10.3 Å². The summed E-state index contributed by atoms with van der Waals surface area (Å²) in [5, 5.41) is 3.94. The molecule has 1 heterocycles. The van der Waals surface area contributed by atoms with Crippen molar-refractivity contribution in [1.82, 2.24) is 10.1 Å². The first-order chi connectivity index (χ1) is 7.38. The Morgan fingerprint density at radius 3 is 3.00 bits per heavy atom. The smallest absolute Gasteiger partial charge is 0.240 e. The summed E-state index contributed by atoms with van der Waals surface area (Å²) < 4.78 is 5.00. The lowest BCUT2D eigenvalue weighted by Gasteiger charge is -2.27. The fourth-order valence-electron chi connectivity index (χ4n) is 1.98. The van der Waals surface area contributed by atoms with Gasteiger partial charge >= 0.3 is 0 Å². The van der Waals surface area contributed by atoms with Gasteiger partial charge in [-0.1, -0.05) is 29.4 Å². The van der Waals surface area contributed by atoms with E-state index in [4.69, 9.17) is 10.3 Å². The van der Waals surface area contributed by atoms with Crippen LogP contribution in [0.5, 0.6) is 0 Å². The molecule has 15 heavy (non-hydrogen) atoms. The molecule has 0 aliphatic heterocycles. The Balaban J connectivity index is 1.93. The number of hydrogen-bond donors (Lipinski definition) is 1. The zero-order valence-electron chi connectivity index (χ0n) is 8.18. The Hall–Kier alpha value is -1.68. The number of hydrogen-bond acceptors (Lipinski definition) is 4. The Morgan fingerprint density at radius 2 is 2.27 bits per heavy atom. The van der Waals surface area contributed by atoms with Crippen LogP contribution in [-0.4, -0.2) is 10.1 Å². The minimum atomic E-state index is 0.297. The SMILES string of the molecule is NCc1nc(C2Cc3ccccc32)no1. The van der Waals surface area contributed by atoms with Gasteiger partial charge in [0.15, 0.2) is 5.82 Å². The van der Waals surface area contributed by atoms with E-state index >= 15 is 0 Å². The molecular weight excluding hydrogens is 190 g/mol. The number of benzene rings is 1. The van der Waals surface area contributed by atoms with Crippen molar-refractivity contribution in [3.05, 3.63) is 47.1 Å². The molecule has 2 aromatic rings. The van der Waals surface area contributed by atoms with Crippen LogP contribution in [-0.2, 0) is 13.0 Å². The van der Waals surface area contributed by atoms with Gasteiger partial charge in [0.2, 0.25) is 5.89 Å². The fourth-order valence-corrected chi connectivity index (χ4v) is 1.98. The molecule has 1 aliphatic rings. The van der Waals surface area contributed by atoms with Crippen molar-refractivity contribution < 1.29 is 4.52 Å². The Labute approximate surface area is 87.1 Å². The van der Waals surface area contributed by atoms with Crippen LogP contribution in [0.1, 0.15) is 28.8 Å². The Morgan fingerprint density at radius 1 is 1.40 bits per heavy atom. The summed E-state index contributed by atoms with van der Waals surface area (Å²) in [6.45, 7) is 0.307. The maximum absolute atomic E-state index is 5.42. The number of aromatic nitrogens is 2. The molecule has 0 saturated carbocycles. The second-order valence-electron chi connectivity index (χ2n) is 3.71.